The Kier molecular flexibility index (Phi) is 2.26. The van der Waals surface area contributed by atoms with Crippen molar-refractivity contribution in [1.29, 1.82) is 0 Å². The number of carbonyl (C=O) groups is 3. The molecule has 2 fully saturated rings. The molecule has 1 aromatic rings. The SMILES string of the molecule is O=C(ON1C(=O)c2ccccc2C1=O)C1C2CCOC21. The molecule has 6 nitrogen and oxygen atoms in total. The first-order valence-electron chi connectivity index (χ1n) is 6.49. The number of fused-ring (bicyclic) bond motifs is 2. The van der Waals surface area contributed by atoms with Crippen molar-refractivity contribution >= 4 is 17.8 Å². The largest absolute Gasteiger partial charge is 0.377 e. The van der Waals surface area contributed by atoms with Crippen molar-refractivity contribution in [3.63, 3.8) is 0 Å². The van der Waals surface area contributed by atoms with Crippen molar-refractivity contribution in [3.05, 3.63) is 35.4 Å². The van der Waals surface area contributed by atoms with Crippen LogP contribution in [0, 0.1) is 11.8 Å². The molecule has 2 heterocycles. The molecule has 20 heavy (non-hydrogen) atoms. The molecule has 0 aromatic heterocycles. The molecule has 3 aliphatic rings. The average molecular weight is 273 g/mol. The highest BCUT2D eigenvalue weighted by atomic mass is 16.7. The van der Waals surface area contributed by atoms with Gasteiger partial charge in [-0.3, -0.25) is 9.59 Å². The van der Waals surface area contributed by atoms with Crippen LogP contribution in [0.15, 0.2) is 24.3 Å². The van der Waals surface area contributed by atoms with E-state index in [4.69, 9.17) is 9.57 Å². The van der Waals surface area contributed by atoms with Crippen LogP contribution in [-0.2, 0) is 14.4 Å². The second-order valence-corrected chi connectivity index (χ2v) is 5.17. The zero-order valence-corrected chi connectivity index (χ0v) is 10.4. The fraction of sp³-hybridized carbons (Fsp3) is 0.357. The number of rotatable bonds is 2. The highest BCUT2D eigenvalue weighted by Crippen LogP contribution is 2.49. The molecule has 0 bridgehead atoms. The maximum atomic E-state index is 12.0. The quantitative estimate of drug-likeness (QED) is 0.744. The van der Waals surface area contributed by atoms with E-state index in [9.17, 15) is 14.4 Å². The van der Waals surface area contributed by atoms with Crippen LogP contribution in [0.1, 0.15) is 27.1 Å². The van der Waals surface area contributed by atoms with Gasteiger partial charge in [-0.15, -0.1) is 0 Å². The smallest absolute Gasteiger partial charge is 0.339 e. The van der Waals surface area contributed by atoms with Crippen molar-refractivity contribution in [2.75, 3.05) is 6.61 Å². The van der Waals surface area contributed by atoms with Crippen molar-refractivity contribution in [1.82, 2.24) is 5.06 Å². The molecule has 1 aliphatic carbocycles. The number of hydrogen-bond acceptors (Lipinski definition) is 5. The lowest BCUT2D eigenvalue weighted by molar-refractivity contribution is -0.172. The Balaban J connectivity index is 1.52. The van der Waals surface area contributed by atoms with Crippen molar-refractivity contribution in [2.45, 2.75) is 12.5 Å². The number of hydroxylamine groups is 2. The summed E-state index contributed by atoms with van der Waals surface area (Å²) in [6.45, 7) is 0.659. The lowest BCUT2D eigenvalue weighted by Gasteiger charge is -2.13. The molecule has 0 N–H and O–H groups in total. The van der Waals surface area contributed by atoms with Gasteiger partial charge in [0.2, 0.25) is 0 Å². The van der Waals surface area contributed by atoms with Gasteiger partial charge >= 0.3 is 5.97 Å². The van der Waals surface area contributed by atoms with E-state index in [1.54, 1.807) is 24.3 Å². The molecule has 1 aromatic carbocycles. The number of benzene rings is 1. The monoisotopic (exact) mass is 273 g/mol. The van der Waals surface area contributed by atoms with Gasteiger partial charge in [0.05, 0.1) is 23.1 Å². The first-order chi connectivity index (χ1) is 9.68. The van der Waals surface area contributed by atoms with E-state index >= 15 is 0 Å². The predicted molar refractivity (Wildman–Crippen MR) is 64.4 cm³/mol. The Morgan fingerprint density at radius 1 is 1.20 bits per heavy atom. The van der Waals surface area contributed by atoms with Gasteiger partial charge in [0.25, 0.3) is 11.8 Å². The van der Waals surface area contributed by atoms with E-state index < -0.39 is 17.8 Å². The van der Waals surface area contributed by atoms with E-state index in [1.807, 2.05) is 0 Å². The van der Waals surface area contributed by atoms with Gasteiger partial charge in [-0.25, -0.2) is 4.79 Å². The van der Waals surface area contributed by atoms with E-state index in [2.05, 4.69) is 0 Å². The third-order valence-corrected chi connectivity index (χ3v) is 4.07. The Morgan fingerprint density at radius 2 is 1.85 bits per heavy atom. The summed E-state index contributed by atoms with van der Waals surface area (Å²) in [5, 5.41) is 0.557. The van der Waals surface area contributed by atoms with E-state index in [1.165, 1.54) is 0 Å². The zero-order chi connectivity index (χ0) is 13.9. The van der Waals surface area contributed by atoms with Crippen LogP contribution in [0.25, 0.3) is 0 Å². The summed E-state index contributed by atoms with van der Waals surface area (Å²) in [5.41, 5.74) is 0.523. The molecule has 3 atom stereocenters. The maximum absolute atomic E-state index is 12.0. The van der Waals surface area contributed by atoms with Crippen molar-refractivity contribution in [2.24, 2.45) is 11.8 Å². The Hall–Kier alpha value is -2.21. The second-order valence-electron chi connectivity index (χ2n) is 5.17. The Bertz CT molecular complexity index is 595. The second kappa shape index (κ2) is 3.89. The van der Waals surface area contributed by atoms with Crippen LogP contribution in [0.2, 0.25) is 0 Å². The van der Waals surface area contributed by atoms with E-state index in [0.29, 0.717) is 11.7 Å². The summed E-state index contributed by atoms with van der Waals surface area (Å²) in [5.74, 6) is -1.91. The normalized spacial score (nSPS) is 30.2. The molecule has 2 aliphatic heterocycles. The number of carbonyl (C=O) groups excluding carboxylic acids is 3. The first kappa shape index (κ1) is 11.6. The summed E-state index contributed by atoms with van der Waals surface area (Å²) in [6, 6.07) is 6.40. The Labute approximate surface area is 114 Å². The van der Waals surface area contributed by atoms with E-state index in [-0.39, 0.29) is 29.1 Å². The molecular weight excluding hydrogens is 262 g/mol. The summed E-state index contributed by atoms with van der Waals surface area (Å²) < 4.78 is 5.35. The van der Waals surface area contributed by atoms with Gasteiger partial charge in [0.1, 0.15) is 0 Å². The molecule has 3 unspecified atom stereocenters. The van der Waals surface area contributed by atoms with Crippen LogP contribution in [0.3, 0.4) is 0 Å². The van der Waals surface area contributed by atoms with Crippen LogP contribution < -0.4 is 0 Å². The lowest BCUT2D eigenvalue weighted by Crippen LogP contribution is -2.34. The van der Waals surface area contributed by atoms with Gasteiger partial charge in [-0.1, -0.05) is 17.2 Å². The highest BCUT2D eigenvalue weighted by molar-refractivity contribution is 6.20. The molecule has 2 amide bonds. The molecule has 102 valence electrons. The van der Waals surface area contributed by atoms with Crippen LogP contribution in [0.4, 0.5) is 0 Å². The number of hydrogen-bond donors (Lipinski definition) is 0. The first-order valence-corrected chi connectivity index (χ1v) is 6.49. The standard InChI is InChI=1S/C14H11NO5/c16-12-7-3-1-2-4-8(7)13(17)15(12)20-14(18)10-9-5-6-19-11(9)10/h1-4,9-11H,5-6H2. The van der Waals surface area contributed by atoms with Gasteiger partial charge in [-0.2, -0.15) is 0 Å². The number of imide groups is 1. The fourth-order valence-electron chi connectivity index (χ4n) is 2.96. The number of amides is 2. The van der Waals surface area contributed by atoms with Crippen LogP contribution in [-0.4, -0.2) is 35.6 Å². The zero-order valence-electron chi connectivity index (χ0n) is 10.4. The molecule has 1 saturated heterocycles. The summed E-state index contributed by atoms with van der Waals surface area (Å²) in [4.78, 5) is 41.0. The molecular formula is C14H11NO5. The van der Waals surface area contributed by atoms with Gasteiger partial charge in [0.15, 0.2) is 0 Å². The summed E-state index contributed by atoms with van der Waals surface area (Å²) in [6.07, 6.45) is 0.727. The van der Waals surface area contributed by atoms with Gasteiger partial charge < -0.3 is 9.57 Å². The molecule has 0 spiro atoms. The molecule has 6 heteroatoms. The minimum Gasteiger partial charge on any atom is -0.377 e. The average Bonchev–Trinajstić information content (AvgIpc) is 2.84. The van der Waals surface area contributed by atoms with Gasteiger partial charge in [0, 0.05) is 12.5 Å². The third kappa shape index (κ3) is 1.45. The van der Waals surface area contributed by atoms with Crippen molar-refractivity contribution in [3.8, 4) is 0 Å². The summed E-state index contributed by atoms with van der Waals surface area (Å²) >= 11 is 0. The molecule has 4 rings (SSSR count). The van der Waals surface area contributed by atoms with Crippen LogP contribution >= 0.6 is 0 Å². The third-order valence-electron chi connectivity index (χ3n) is 4.07. The van der Waals surface area contributed by atoms with E-state index in [0.717, 1.165) is 6.42 Å². The number of ether oxygens (including phenoxy) is 1. The number of nitrogens with zero attached hydrogens (tertiary/aromatic N) is 1. The maximum Gasteiger partial charge on any atom is 0.339 e. The lowest BCUT2D eigenvalue weighted by atomic mass is 10.1. The Morgan fingerprint density at radius 3 is 2.40 bits per heavy atom. The fourth-order valence-corrected chi connectivity index (χ4v) is 2.96. The minimum atomic E-state index is -0.592. The summed E-state index contributed by atoms with van der Waals surface area (Å²) in [7, 11) is 0. The molecule has 1 saturated carbocycles. The van der Waals surface area contributed by atoms with Gasteiger partial charge in [-0.05, 0) is 18.6 Å². The van der Waals surface area contributed by atoms with Crippen molar-refractivity contribution < 1.29 is 24.0 Å². The topological polar surface area (TPSA) is 72.9 Å². The highest BCUT2D eigenvalue weighted by Gasteiger charge is 2.60. The minimum absolute atomic E-state index is 0.0994. The predicted octanol–water partition coefficient (Wildman–Crippen LogP) is 0.776. The van der Waals surface area contributed by atoms with Crippen LogP contribution in [0.5, 0.6) is 0 Å². The molecule has 0 radical (unpaired) electrons.